The predicted octanol–water partition coefficient (Wildman–Crippen LogP) is -0.0322. The Bertz CT molecular complexity index is 1130. The number of nitrogens with one attached hydrogen (secondary N) is 2. The fraction of sp³-hybridized carbons (Fsp3) is 0.409. The van der Waals surface area contributed by atoms with Crippen molar-refractivity contribution in [2.45, 2.75) is 31.5 Å². The summed E-state index contributed by atoms with van der Waals surface area (Å²) in [6, 6.07) is 4.48. The van der Waals surface area contributed by atoms with Crippen molar-refractivity contribution >= 4 is 23.6 Å². The summed E-state index contributed by atoms with van der Waals surface area (Å²) in [5.41, 5.74) is 2.65. The number of nitrogens with zero attached hydrogens (tertiary/aromatic N) is 4. The number of aryl methyl sites for hydroxylation is 1. The van der Waals surface area contributed by atoms with Gasteiger partial charge < -0.3 is 5.32 Å². The molecule has 2 aromatic rings. The second-order valence-electron chi connectivity index (χ2n) is 8.46. The normalized spacial score (nSPS) is 24.1. The van der Waals surface area contributed by atoms with Crippen LogP contribution in [0.3, 0.4) is 0 Å². The topological polar surface area (TPSA) is 117 Å². The van der Waals surface area contributed by atoms with Crippen molar-refractivity contribution in [3.05, 3.63) is 52.8 Å². The average Bonchev–Trinajstić information content (AvgIpc) is 3.30. The minimum atomic E-state index is -0.952. The van der Waals surface area contributed by atoms with Gasteiger partial charge >= 0.3 is 0 Å². The lowest BCUT2D eigenvalue weighted by Gasteiger charge is -2.35. The molecule has 3 aliphatic heterocycles. The summed E-state index contributed by atoms with van der Waals surface area (Å²) < 4.78 is 1.78. The lowest BCUT2D eigenvalue weighted by Crippen LogP contribution is -2.54. The van der Waals surface area contributed by atoms with Gasteiger partial charge in [0.05, 0.1) is 23.4 Å². The van der Waals surface area contributed by atoms with Gasteiger partial charge in [-0.25, -0.2) is 0 Å². The highest BCUT2D eigenvalue weighted by Crippen LogP contribution is 2.30. The Hall–Kier alpha value is -3.37. The number of hydrogen-bond acceptors (Lipinski definition) is 7. The van der Waals surface area contributed by atoms with Crippen molar-refractivity contribution in [2.24, 2.45) is 7.05 Å². The van der Waals surface area contributed by atoms with Gasteiger partial charge in [-0.05, 0) is 24.1 Å². The maximum Gasteiger partial charge on any atom is 0.262 e. The van der Waals surface area contributed by atoms with Gasteiger partial charge in [0.1, 0.15) is 6.04 Å². The molecule has 2 atom stereocenters. The van der Waals surface area contributed by atoms with Crippen LogP contribution in [0.25, 0.3) is 0 Å². The van der Waals surface area contributed by atoms with Crippen LogP contribution in [-0.4, -0.2) is 68.9 Å². The molecule has 166 valence electrons. The molecule has 0 aliphatic carbocycles. The van der Waals surface area contributed by atoms with E-state index < -0.39 is 23.8 Å². The number of hydrogen-bond donors (Lipinski definition) is 2. The van der Waals surface area contributed by atoms with Crippen LogP contribution in [0, 0.1) is 0 Å². The molecule has 0 radical (unpaired) electrons. The SMILES string of the molecule is Cn1cc(C2CNCCN2Cc2ccc3c(c2)C(=O)N(C2CCC(=O)NC2=O)C3=O)cn1. The van der Waals surface area contributed by atoms with E-state index in [9.17, 15) is 19.2 Å². The van der Waals surface area contributed by atoms with Crippen molar-refractivity contribution in [2.75, 3.05) is 19.6 Å². The van der Waals surface area contributed by atoms with Crippen LogP contribution in [0.5, 0.6) is 0 Å². The molecule has 2 saturated heterocycles. The summed E-state index contributed by atoms with van der Waals surface area (Å²) in [6.45, 7) is 3.13. The Kier molecular flexibility index (Phi) is 5.10. The zero-order chi connectivity index (χ0) is 22.4. The first kappa shape index (κ1) is 20.5. The van der Waals surface area contributed by atoms with E-state index in [2.05, 4.69) is 20.6 Å². The van der Waals surface area contributed by atoms with Gasteiger partial charge in [-0.3, -0.25) is 39.0 Å². The van der Waals surface area contributed by atoms with E-state index in [0.29, 0.717) is 17.7 Å². The molecule has 3 aliphatic rings. The molecule has 10 heteroatoms. The summed E-state index contributed by atoms with van der Waals surface area (Å²) in [5, 5.41) is 9.92. The van der Waals surface area contributed by atoms with Gasteiger partial charge in [-0.1, -0.05) is 6.07 Å². The van der Waals surface area contributed by atoms with Crippen molar-refractivity contribution in [3.8, 4) is 0 Å². The quantitative estimate of drug-likeness (QED) is 0.647. The molecule has 1 aromatic heterocycles. The molecule has 32 heavy (non-hydrogen) atoms. The van der Waals surface area contributed by atoms with Crippen molar-refractivity contribution < 1.29 is 19.2 Å². The van der Waals surface area contributed by atoms with Crippen LogP contribution in [0.4, 0.5) is 0 Å². The number of carbonyl (C=O) groups is 4. The first-order valence-corrected chi connectivity index (χ1v) is 10.7. The summed E-state index contributed by atoms with van der Waals surface area (Å²) in [4.78, 5) is 53.0. The third-order valence-electron chi connectivity index (χ3n) is 6.35. The van der Waals surface area contributed by atoms with Crippen LogP contribution >= 0.6 is 0 Å². The Morgan fingerprint density at radius 3 is 2.66 bits per heavy atom. The van der Waals surface area contributed by atoms with Crippen LogP contribution < -0.4 is 10.6 Å². The Morgan fingerprint density at radius 1 is 1.09 bits per heavy atom. The molecular weight excluding hydrogens is 412 g/mol. The second-order valence-corrected chi connectivity index (χ2v) is 8.46. The van der Waals surface area contributed by atoms with E-state index in [-0.39, 0.29) is 24.8 Å². The van der Waals surface area contributed by atoms with E-state index in [1.807, 2.05) is 25.5 Å². The number of piperidine rings is 1. The number of benzene rings is 1. The van der Waals surface area contributed by atoms with Gasteiger partial charge in [0.25, 0.3) is 11.8 Å². The van der Waals surface area contributed by atoms with Gasteiger partial charge in [0.2, 0.25) is 11.8 Å². The van der Waals surface area contributed by atoms with E-state index in [0.717, 1.165) is 35.7 Å². The summed E-state index contributed by atoms with van der Waals surface area (Å²) >= 11 is 0. The Balaban J connectivity index is 1.37. The largest absolute Gasteiger partial charge is 0.314 e. The number of piperazine rings is 1. The molecule has 1 aromatic carbocycles. The molecule has 4 amide bonds. The monoisotopic (exact) mass is 436 g/mol. The lowest BCUT2D eigenvalue weighted by atomic mass is 10.0. The second kappa shape index (κ2) is 7.95. The number of aromatic nitrogens is 2. The van der Waals surface area contributed by atoms with Crippen LogP contribution in [0.15, 0.2) is 30.6 Å². The van der Waals surface area contributed by atoms with Gasteiger partial charge in [0, 0.05) is 51.4 Å². The maximum atomic E-state index is 13.1. The third-order valence-corrected chi connectivity index (χ3v) is 6.35. The minimum Gasteiger partial charge on any atom is -0.314 e. The summed E-state index contributed by atoms with van der Waals surface area (Å²) in [7, 11) is 1.89. The molecule has 2 N–H and O–H groups in total. The fourth-order valence-corrected chi connectivity index (χ4v) is 4.73. The molecule has 2 fully saturated rings. The number of amides is 4. The Labute approximate surface area is 184 Å². The smallest absolute Gasteiger partial charge is 0.262 e. The summed E-state index contributed by atoms with van der Waals surface area (Å²) in [6.07, 6.45) is 4.13. The van der Waals surface area contributed by atoms with E-state index in [4.69, 9.17) is 0 Å². The highest BCUT2D eigenvalue weighted by atomic mass is 16.2. The highest BCUT2D eigenvalue weighted by molar-refractivity contribution is 6.23. The molecule has 0 saturated carbocycles. The lowest BCUT2D eigenvalue weighted by molar-refractivity contribution is -0.136. The molecule has 5 rings (SSSR count). The summed E-state index contributed by atoms with van der Waals surface area (Å²) in [5.74, 6) is -1.95. The predicted molar refractivity (Wildman–Crippen MR) is 112 cm³/mol. The zero-order valence-corrected chi connectivity index (χ0v) is 17.7. The highest BCUT2D eigenvalue weighted by Gasteiger charge is 2.44. The van der Waals surface area contributed by atoms with E-state index in [1.54, 1.807) is 16.8 Å². The van der Waals surface area contributed by atoms with E-state index >= 15 is 0 Å². The van der Waals surface area contributed by atoms with Crippen molar-refractivity contribution in [3.63, 3.8) is 0 Å². The van der Waals surface area contributed by atoms with Crippen LogP contribution in [0.2, 0.25) is 0 Å². The molecule has 0 spiro atoms. The van der Waals surface area contributed by atoms with Gasteiger partial charge in [0.15, 0.2) is 0 Å². The zero-order valence-electron chi connectivity index (χ0n) is 17.7. The van der Waals surface area contributed by atoms with Crippen LogP contribution in [-0.2, 0) is 23.2 Å². The number of rotatable bonds is 4. The van der Waals surface area contributed by atoms with E-state index in [1.165, 1.54) is 0 Å². The average molecular weight is 436 g/mol. The fourth-order valence-electron chi connectivity index (χ4n) is 4.73. The molecule has 0 bridgehead atoms. The number of carbonyl (C=O) groups excluding carboxylic acids is 4. The van der Waals surface area contributed by atoms with Gasteiger partial charge in [-0.2, -0.15) is 5.10 Å². The van der Waals surface area contributed by atoms with Crippen LogP contribution in [0.1, 0.15) is 50.7 Å². The minimum absolute atomic E-state index is 0.105. The first-order valence-electron chi connectivity index (χ1n) is 10.7. The number of imide groups is 2. The Morgan fingerprint density at radius 2 is 1.91 bits per heavy atom. The molecular formula is C22H24N6O4. The van der Waals surface area contributed by atoms with Crippen molar-refractivity contribution in [1.82, 2.24) is 30.2 Å². The van der Waals surface area contributed by atoms with Gasteiger partial charge in [-0.15, -0.1) is 0 Å². The molecule has 2 unspecified atom stereocenters. The molecule has 4 heterocycles. The molecule has 10 nitrogen and oxygen atoms in total. The standard InChI is InChI=1S/C22H24N6O4/c1-26-12-14(9-24-26)18-10-23-6-7-27(18)11-13-2-3-15-16(8-13)22(32)28(21(15)31)17-4-5-19(29)25-20(17)30/h2-3,8-9,12,17-18,23H,4-7,10-11H2,1H3,(H,25,29,30). The first-order chi connectivity index (χ1) is 15.4. The third kappa shape index (κ3) is 3.51. The van der Waals surface area contributed by atoms with Crippen molar-refractivity contribution in [1.29, 1.82) is 0 Å². The number of fused-ring (bicyclic) bond motifs is 1. The maximum absolute atomic E-state index is 13.1.